The Balaban J connectivity index is 1.94. The molecule has 27 heavy (non-hydrogen) atoms. The molecule has 0 amide bonds. The van der Waals surface area contributed by atoms with Gasteiger partial charge < -0.3 is 4.74 Å². The monoisotopic (exact) mass is 379 g/mol. The van der Waals surface area contributed by atoms with Crippen molar-refractivity contribution in [3.63, 3.8) is 0 Å². The number of hydrogen-bond acceptors (Lipinski definition) is 2. The molecule has 6 heteroatoms. The number of nitriles is 1. The van der Waals surface area contributed by atoms with Crippen molar-refractivity contribution in [1.29, 1.82) is 5.26 Å². The van der Waals surface area contributed by atoms with Crippen LogP contribution in [0.4, 0.5) is 17.6 Å². The van der Waals surface area contributed by atoms with E-state index in [1.165, 1.54) is 6.07 Å². The van der Waals surface area contributed by atoms with E-state index in [0.717, 1.165) is 43.4 Å². The Labute approximate surface area is 156 Å². The van der Waals surface area contributed by atoms with Crippen LogP contribution in [0.3, 0.4) is 0 Å². The number of ether oxygens (including phenoxy) is 1. The molecule has 0 aliphatic carbocycles. The van der Waals surface area contributed by atoms with E-state index >= 15 is 0 Å². The van der Waals surface area contributed by atoms with Gasteiger partial charge >= 0.3 is 6.11 Å². The van der Waals surface area contributed by atoms with Crippen LogP contribution >= 0.6 is 0 Å². The van der Waals surface area contributed by atoms with Crippen LogP contribution in [0.5, 0.6) is 0 Å². The predicted octanol–water partition coefficient (Wildman–Crippen LogP) is 5.92. The molecule has 2 aromatic rings. The Hall–Kier alpha value is -2.39. The van der Waals surface area contributed by atoms with Crippen molar-refractivity contribution in [3.05, 3.63) is 70.3 Å². The maximum absolute atomic E-state index is 14.0. The molecule has 0 bridgehead atoms. The van der Waals surface area contributed by atoms with E-state index < -0.39 is 29.7 Å². The summed E-state index contributed by atoms with van der Waals surface area (Å²) in [6.45, 7) is 1.81. The van der Waals surface area contributed by atoms with Gasteiger partial charge in [-0.3, -0.25) is 0 Å². The molecule has 0 unspecified atom stereocenters. The number of unbranched alkanes of at least 4 members (excludes halogenated alkanes) is 2. The SMILES string of the molecule is CCCCCc1ccc(COC(F)(F)Cc2cc(F)c(C#N)c(F)c2)cc1. The van der Waals surface area contributed by atoms with Gasteiger partial charge in [-0.2, -0.15) is 14.0 Å². The van der Waals surface area contributed by atoms with Gasteiger partial charge in [-0.1, -0.05) is 44.0 Å². The fourth-order valence-corrected chi connectivity index (χ4v) is 2.69. The molecule has 0 aliphatic heterocycles. The largest absolute Gasteiger partial charge is 0.360 e. The Morgan fingerprint density at radius 2 is 1.56 bits per heavy atom. The van der Waals surface area contributed by atoms with E-state index in [1.807, 2.05) is 12.1 Å². The van der Waals surface area contributed by atoms with Gasteiger partial charge in [0.25, 0.3) is 0 Å². The third-order valence-corrected chi connectivity index (χ3v) is 4.17. The van der Waals surface area contributed by atoms with Crippen molar-refractivity contribution in [3.8, 4) is 6.07 Å². The lowest BCUT2D eigenvalue weighted by Gasteiger charge is -2.17. The summed E-state index contributed by atoms with van der Waals surface area (Å²) in [6.07, 6.45) is -0.265. The first-order valence-corrected chi connectivity index (χ1v) is 8.82. The summed E-state index contributed by atoms with van der Waals surface area (Å²) in [7, 11) is 0. The Morgan fingerprint density at radius 3 is 2.11 bits per heavy atom. The fourth-order valence-electron chi connectivity index (χ4n) is 2.69. The van der Waals surface area contributed by atoms with E-state index in [0.29, 0.717) is 5.56 Å². The minimum absolute atomic E-state index is 0.278. The lowest BCUT2D eigenvalue weighted by atomic mass is 10.1. The highest BCUT2D eigenvalue weighted by atomic mass is 19.3. The van der Waals surface area contributed by atoms with E-state index in [2.05, 4.69) is 11.7 Å². The predicted molar refractivity (Wildman–Crippen MR) is 94.2 cm³/mol. The van der Waals surface area contributed by atoms with E-state index in [4.69, 9.17) is 5.26 Å². The van der Waals surface area contributed by atoms with Crippen LogP contribution in [-0.4, -0.2) is 6.11 Å². The lowest BCUT2D eigenvalue weighted by molar-refractivity contribution is -0.244. The van der Waals surface area contributed by atoms with Gasteiger partial charge in [0.05, 0.1) is 13.0 Å². The standard InChI is InChI=1S/C21H21F4NO/c1-2-3-4-5-15-6-8-16(9-7-15)14-27-21(24,25)12-17-10-19(22)18(13-26)20(23)11-17/h6-11H,2-5,12,14H2,1H3. The van der Waals surface area contributed by atoms with Crippen molar-refractivity contribution in [1.82, 2.24) is 0 Å². The topological polar surface area (TPSA) is 33.0 Å². The molecule has 2 rings (SSSR count). The van der Waals surface area contributed by atoms with Crippen LogP contribution in [0.15, 0.2) is 36.4 Å². The minimum atomic E-state index is -3.59. The second kappa shape index (κ2) is 9.52. The van der Waals surface area contributed by atoms with Crippen LogP contribution in [-0.2, 0) is 24.2 Å². The first-order valence-electron chi connectivity index (χ1n) is 8.82. The summed E-state index contributed by atoms with van der Waals surface area (Å²) in [5.41, 5.74) is 0.663. The highest BCUT2D eigenvalue weighted by Gasteiger charge is 2.31. The van der Waals surface area contributed by atoms with Gasteiger partial charge in [0.1, 0.15) is 23.3 Å². The van der Waals surface area contributed by atoms with E-state index in [-0.39, 0.29) is 12.2 Å². The lowest BCUT2D eigenvalue weighted by Crippen LogP contribution is -2.24. The molecule has 0 aliphatic rings. The van der Waals surface area contributed by atoms with Gasteiger partial charge in [-0.05, 0) is 41.7 Å². The van der Waals surface area contributed by atoms with E-state index in [9.17, 15) is 17.6 Å². The molecule has 0 radical (unpaired) electrons. The van der Waals surface area contributed by atoms with Crippen molar-refractivity contribution < 1.29 is 22.3 Å². The van der Waals surface area contributed by atoms with Crippen molar-refractivity contribution in [2.45, 2.75) is 51.7 Å². The highest BCUT2D eigenvalue weighted by molar-refractivity contribution is 5.35. The molecule has 0 heterocycles. The van der Waals surface area contributed by atoms with Crippen molar-refractivity contribution in [2.24, 2.45) is 0 Å². The molecule has 0 saturated heterocycles. The quantitative estimate of drug-likeness (QED) is 0.400. The molecular formula is C21H21F4NO. The van der Waals surface area contributed by atoms with Gasteiger partial charge in [0.2, 0.25) is 0 Å². The fraction of sp³-hybridized carbons (Fsp3) is 0.381. The van der Waals surface area contributed by atoms with Gasteiger partial charge in [0.15, 0.2) is 0 Å². The summed E-state index contributed by atoms with van der Waals surface area (Å²) in [6, 6.07) is 10.0. The van der Waals surface area contributed by atoms with Crippen LogP contribution in [0, 0.1) is 23.0 Å². The third kappa shape index (κ3) is 6.37. The average Bonchev–Trinajstić information content (AvgIpc) is 2.61. The molecule has 144 valence electrons. The zero-order valence-electron chi connectivity index (χ0n) is 15.1. The second-order valence-electron chi connectivity index (χ2n) is 6.42. The summed E-state index contributed by atoms with van der Waals surface area (Å²) >= 11 is 0. The number of aryl methyl sites for hydroxylation is 1. The normalized spacial score (nSPS) is 11.4. The van der Waals surface area contributed by atoms with Gasteiger partial charge in [-0.15, -0.1) is 0 Å². The molecule has 0 aromatic heterocycles. The van der Waals surface area contributed by atoms with Gasteiger partial charge in [-0.25, -0.2) is 8.78 Å². The zero-order chi connectivity index (χ0) is 19.9. The molecule has 0 fully saturated rings. The maximum Gasteiger partial charge on any atom is 0.360 e. The Kier molecular flexibility index (Phi) is 7.37. The van der Waals surface area contributed by atoms with Crippen LogP contribution in [0.2, 0.25) is 0 Å². The molecule has 2 aromatic carbocycles. The van der Waals surface area contributed by atoms with Crippen molar-refractivity contribution in [2.75, 3.05) is 0 Å². The molecule has 0 atom stereocenters. The number of benzene rings is 2. The highest BCUT2D eigenvalue weighted by Crippen LogP contribution is 2.25. The molecule has 2 nitrogen and oxygen atoms in total. The Morgan fingerprint density at radius 1 is 0.963 bits per heavy atom. The number of hydrogen-bond donors (Lipinski definition) is 0. The van der Waals surface area contributed by atoms with E-state index in [1.54, 1.807) is 12.1 Å². The van der Waals surface area contributed by atoms with Crippen LogP contribution in [0.1, 0.15) is 48.4 Å². The first-order chi connectivity index (χ1) is 12.8. The third-order valence-electron chi connectivity index (χ3n) is 4.17. The molecular weight excluding hydrogens is 358 g/mol. The number of alkyl halides is 2. The molecule has 0 spiro atoms. The average molecular weight is 379 g/mol. The summed E-state index contributed by atoms with van der Waals surface area (Å²) < 4.78 is 59.7. The smallest absolute Gasteiger partial charge is 0.315 e. The number of rotatable bonds is 9. The summed E-state index contributed by atoms with van der Waals surface area (Å²) in [4.78, 5) is 0. The number of halogens is 4. The second-order valence-corrected chi connectivity index (χ2v) is 6.42. The summed E-state index contributed by atoms with van der Waals surface area (Å²) in [5, 5.41) is 8.61. The molecule has 0 saturated carbocycles. The zero-order valence-corrected chi connectivity index (χ0v) is 15.1. The van der Waals surface area contributed by atoms with Gasteiger partial charge in [0, 0.05) is 0 Å². The van der Waals surface area contributed by atoms with Crippen LogP contribution in [0.25, 0.3) is 0 Å². The van der Waals surface area contributed by atoms with Crippen molar-refractivity contribution >= 4 is 0 Å². The number of nitrogens with zero attached hydrogens (tertiary/aromatic N) is 1. The van der Waals surface area contributed by atoms with Crippen LogP contribution < -0.4 is 0 Å². The first kappa shape index (κ1) is 20.9. The maximum atomic E-state index is 14.0. The minimum Gasteiger partial charge on any atom is -0.315 e. The molecule has 0 N–H and O–H groups in total. The summed E-state index contributed by atoms with van der Waals surface area (Å²) in [5.74, 6) is -2.33. The Bertz CT molecular complexity index is 774.